The molecule has 0 spiro atoms. The fraction of sp³-hybridized carbons (Fsp3) is 1.00. The summed E-state index contributed by atoms with van der Waals surface area (Å²) in [4.78, 5) is 0. The Morgan fingerprint density at radius 3 is 1.62 bits per heavy atom. The molecule has 1 aliphatic rings. The van der Waals surface area contributed by atoms with Crippen molar-refractivity contribution in [2.24, 2.45) is 0 Å². The largest absolute Gasteiger partial charge is 0.103 e. The Morgan fingerprint density at radius 1 is 0.846 bits per heavy atom. The lowest BCUT2D eigenvalue weighted by molar-refractivity contribution is 0.479. The normalized spacial score (nSPS) is 25.0. The summed E-state index contributed by atoms with van der Waals surface area (Å²) >= 11 is 0. The second-order valence-corrected chi connectivity index (χ2v) is 4.50. The lowest BCUT2D eigenvalue weighted by atomic mass is 9.40. The van der Waals surface area contributed by atoms with Crippen molar-refractivity contribution in [3.63, 3.8) is 0 Å². The molecule has 1 fully saturated rings. The molecule has 0 saturated heterocycles. The third-order valence-electron chi connectivity index (χ3n) is 3.36. The van der Waals surface area contributed by atoms with Gasteiger partial charge in [0.15, 0.2) is 0 Å². The highest BCUT2D eigenvalue weighted by Crippen LogP contribution is 2.35. The van der Waals surface area contributed by atoms with Gasteiger partial charge in [0.05, 0.1) is 7.85 Å². The molecule has 0 aromatic carbocycles. The van der Waals surface area contributed by atoms with E-state index >= 15 is 0 Å². The quantitative estimate of drug-likeness (QED) is 0.534. The van der Waals surface area contributed by atoms with Gasteiger partial charge in [-0.1, -0.05) is 69.8 Å². The Balaban J connectivity index is 2.34. The van der Waals surface area contributed by atoms with Crippen LogP contribution in [0.2, 0.25) is 12.0 Å². The van der Waals surface area contributed by atoms with Gasteiger partial charge in [-0.15, -0.1) is 0 Å². The van der Waals surface area contributed by atoms with Crippen LogP contribution in [0, 0.1) is 0 Å². The predicted octanol–water partition coefficient (Wildman–Crippen LogP) is 3.55. The van der Waals surface area contributed by atoms with E-state index in [1.165, 1.54) is 57.8 Å². The minimum Gasteiger partial charge on any atom is -0.0922 e. The van der Waals surface area contributed by atoms with Crippen LogP contribution in [0.5, 0.6) is 0 Å². The molecule has 13 heavy (non-hydrogen) atoms. The van der Waals surface area contributed by atoms with E-state index < -0.39 is 0 Å². The van der Waals surface area contributed by atoms with Crippen LogP contribution in [-0.4, -0.2) is 15.1 Å². The Hall–Kier alpha value is 0.130. The van der Waals surface area contributed by atoms with Crippen molar-refractivity contribution in [2.75, 3.05) is 0 Å². The highest BCUT2D eigenvalue weighted by molar-refractivity contribution is 6.52. The van der Waals surface area contributed by atoms with Gasteiger partial charge in [-0.3, -0.25) is 0 Å². The second-order valence-electron chi connectivity index (χ2n) is 4.50. The van der Waals surface area contributed by atoms with Gasteiger partial charge in [0.25, 0.3) is 0 Å². The molecular formula is C11H21B2. The zero-order valence-electron chi connectivity index (χ0n) is 9.02. The lowest BCUT2D eigenvalue weighted by Crippen LogP contribution is -2.19. The maximum Gasteiger partial charge on any atom is 0.103 e. The molecule has 0 unspecified atom stereocenters. The number of rotatable bonds is 1. The predicted molar refractivity (Wildman–Crippen MR) is 61.6 cm³/mol. The van der Waals surface area contributed by atoms with Crippen LogP contribution in [0.25, 0.3) is 0 Å². The summed E-state index contributed by atoms with van der Waals surface area (Å²) in [5.74, 6) is 0. The first-order valence-electron chi connectivity index (χ1n) is 5.86. The first-order chi connectivity index (χ1) is 6.27. The molecule has 71 valence electrons. The summed E-state index contributed by atoms with van der Waals surface area (Å²) in [6.45, 7) is 2.12. The van der Waals surface area contributed by atoms with Crippen molar-refractivity contribution in [3.8, 4) is 0 Å². The lowest BCUT2D eigenvalue weighted by Gasteiger charge is -2.29. The van der Waals surface area contributed by atoms with Crippen LogP contribution in [-0.2, 0) is 0 Å². The summed E-state index contributed by atoms with van der Waals surface area (Å²) in [6.07, 6.45) is 12.1. The van der Waals surface area contributed by atoms with Gasteiger partial charge >= 0.3 is 0 Å². The Bertz CT molecular complexity index is 124. The minimum absolute atomic E-state index is 0.0529. The van der Waals surface area contributed by atoms with Crippen LogP contribution in [0.3, 0.4) is 0 Å². The molecule has 0 atom stereocenters. The SMILES string of the molecule is [B]C1([B]C)CCCCCCCCC1. The maximum absolute atomic E-state index is 6.29. The standard InChI is InChI=1S/C11H21B2/c1-13-11(12)9-7-5-3-2-4-6-8-10-11/h2-10H2,1H3. The minimum atomic E-state index is 0.0529. The summed E-state index contributed by atoms with van der Waals surface area (Å²) in [5.41, 5.74) is 0. The van der Waals surface area contributed by atoms with Gasteiger partial charge in [-0.05, 0) is 0 Å². The highest BCUT2D eigenvalue weighted by Gasteiger charge is 2.21. The topological polar surface area (TPSA) is 0 Å². The summed E-state index contributed by atoms with van der Waals surface area (Å²) in [5, 5.41) is 0.0529. The van der Waals surface area contributed by atoms with Gasteiger partial charge in [0.2, 0.25) is 0 Å². The summed E-state index contributed by atoms with van der Waals surface area (Å²) < 4.78 is 0. The summed E-state index contributed by atoms with van der Waals surface area (Å²) in [7, 11) is 8.51. The molecule has 0 N–H and O–H groups in total. The van der Waals surface area contributed by atoms with E-state index in [1.807, 2.05) is 0 Å². The van der Waals surface area contributed by atoms with E-state index in [0.29, 0.717) is 0 Å². The smallest absolute Gasteiger partial charge is 0.0922 e. The molecule has 1 rings (SSSR count). The monoisotopic (exact) mass is 175 g/mol. The average Bonchev–Trinajstić information content (AvgIpc) is 2.16. The van der Waals surface area contributed by atoms with E-state index in [9.17, 15) is 0 Å². The highest BCUT2D eigenvalue weighted by atomic mass is 14.1. The van der Waals surface area contributed by atoms with Crippen LogP contribution < -0.4 is 0 Å². The van der Waals surface area contributed by atoms with Crippen LogP contribution in [0.4, 0.5) is 0 Å². The molecule has 0 amide bonds. The van der Waals surface area contributed by atoms with Gasteiger partial charge in [0, 0.05) is 0 Å². The molecular weight excluding hydrogens is 154 g/mol. The van der Waals surface area contributed by atoms with Gasteiger partial charge in [-0.2, -0.15) is 0 Å². The molecule has 0 heterocycles. The van der Waals surface area contributed by atoms with E-state index in [1.54, 1.807) is 0 Å². The van der Waals surface area contributed by atoms with Gasteiger partial charge < -0.3 is 0 Å². The first-order valence-corrected chi connectivity index (χ1v) is 5.86. The molecule has 1 saturated carbocycles. The van der Waals surface area contributed by atoms with E-state index in [2.05, 4.69) is 14.1 Å². The van der Waals surface area contributed by atoms with Crippen molar-refractivity contribution in [1.82, 2.24) is 0 Å². The fourth-order valence-electron chi connectivity index (χ4n) is 2.21. The van der Waals surface area contributed by atoms with Crippen molar-refractivity contribution in [1.29, 1.82) is 0 Å². The number of hydrogen-bond donors (Lipinski definition) is 0. The molecule has 0 aromatic rings. The second kappa shape index (κ2) is 5.78. The molecule has 2 heteroatoms. The van der Waals surface area contributed by atoms with Crippen LogP contribution in [0.15, 0.2) is 0 Å². The third kappa shape index (κ3) is 4.24. The average molecular weight is 175 g/mol. The van der Waals surface area contributed by atoms with E-state index in [-0.39, 0.29) is 5.21 Å². The zero-order valence-corrected chi connectivity index (χ0v) is 9.02. The Kier molecular flexibility index (Phi) is 4.98. The molecule has 0 aromatic heterocycles. The van der Waals surface area contributed by atoms with E-state index in [0.717, 1.165) is 0 Å². The third-order valence-corrected chi connectivity index (χ3v) is 3.36. The van der Waals surface area contributed by atoms with Crippen molar-refractivity contribution < 1.29 is 0 Å². The van der Waals surface area contributed by atoms with Crippen LogP contribution in [0.1, 0.15) is 57.8 Å². The molecule has 0 bridgehead atoms. The number of hydrogen-bond acceptors (Lipinski definition) is 0. The van der Waals surface area contributed by atoms with Gasteiger partial charge in [0.1, 0.15) is 7.28 Å². The molecule has 1 aliphatic carbocycles. The van der Waals surface area contributed by atoms with Crippen molar-refractivity contribution >= 4 is 15.1 Å². The Labute approximate surface area is 85.5 Å². The Morgan fingerprint density at radius 2 is 1.23 bits per heavy atom. The fourth-order valence-corrected chi connectivity index (χ4v) is 2.21. The zero-order chi connectivity index (χ0) is 9.57. The molecule has 3 radical (unpaired) electrons. The van der Waals surface area contributed by atoms with Crippen molar-refractivity contribution in [3.05, 3.63) is 0 Å². The van der Waals surface area contributed by atoms with Crippen LogP contribution >= 0.6 is 0 Å². The maximum atomic E-state index is 6.29. The molecule has 0 aliphatic heterocycles. The van der Waals surface area contributed by atoms with E-state index in [4.69, 9.17) is 7.85 Å². The molecule has 0 nitrogen and oxygen atoms in total. The first kappa shape index (κ1) is 11.2. The van der Waals surface area contributed by atoms with Gasteiger partial charge in [-0.25, -0.2) is 0 Å². The van der Waals surface area contributed by atoms with Crippen molar-refractivity contribution in [2.45, 2.75) is 69.8 Å². The summed E-state index contributed by atoms with van der Waals surface area (Å²) in [6, 6.07) is 0.